The number of benzene rings is 1. The molecule has 0 radical (unpaired) electrons. The first kappa shape index (κ1) is 16.2. The SMILES string of the molecule is CCC(=O)N1CCC(Nc2c(C#N)cnc3c(C)cc(F)cc23)C1. The zero-order valence-corrected chi connectivity index (χ0v) is 13.8. The van der Waals surface area contributed by atoms with Crippen molar-refractivity contribution in [1.29, 1.82) is 5.26 Å². The Balaban J connectivity index is 1.97. The molecule has 2 aromatic rings. The molecule has 1 amide bonds. The van der Waals surface area contributed by atoms with Crippen molar-refractivity contribution in [2.75, 3.05) is 18.4 Å². The lowest BCUT2D eigenvalue weighted by Gasteiger charge is -2.19. The van der Waals surface area contributed by atoms with E-state index in [0.717, 1.165) is 12.0 Å². The Morgan fingerprint density at radius 1 is 1.54 bits per heavy atom. The van der Waals surface area contributed by atoms with Crippen LogP contribution in [0.25, 0.3) is 10.9 Å². The summed E-state index contributed by atoms with van der Waals surface area (Å²) >= 11 is 0. The predicted molar refractivity (Wildman–Crippen MR) is 90.1 cm³/mol. The molecule has 6 heteroatoms. The molecule has 1 aliphatic heterocycles. The molecular formula is C18H19FN4O. The molecular weight excluding hydrogens is 307 g/mol. The van der Waals surface area contributed by atoms with E-state index in [1.807, 2.05) is 11.8 Å². The molecule has 0 spiro atoms. The van der Waals surface area contributed by atoms with Crippen LogP contribution in [0.15, 0.2) is 18.3 Å². The van der Waals surface area contributed by atoms with Crippen molar-refractivity contribution < 1.29 is 9.18 Å². The van der Waals surface area contributed by atoms with Crippen LogP contribution in [0.2, 0.25) is 0 Å². The maximum absolute atomic E-state index is 13.8. The van der Waals surface area contributed by atoms with Gasteiger partial charge in [-0.15, -0.1) is 0 Å². The average Bonchev–Trinajstić information content (AvgIpc) is 3.03. The van der Waals surface area contributed by atoms with Crippen molar-refractivity contribution >= 4 is 22.5 Å². The Hall–Kier alpha value is -2.68. The van der Waals surface area contributed by atoms with Crippen LogP contribution < -0.4 is 5.32 Å². The molecule has 0 saturated carbocycles. The van der Waals surface area contributed by atoms with Gasteiger partial charge in [-0.05, 0) is 31.0 Å². The molecule has 124 valence electrons. The summed E-state index contributed by atoms with van der Waals surface area (Å²) in [4.78, 5) is 17.9. The Bertz CT molecular complexity index is 843. The molecule has 2 heterocycles. The third-order valence-electron chi connectivity index (χ3n) is 4.44. The number of amides is 1. The van der Waals surface area contributed by atoms with Gasteiger partial charge in [0.2, 0.25) is 5.91 Å². The fourth-order valence-corrected chi connectivity index (χ4v) is 3.21. The lowest BCUT2D eigenvalue weighted by Crippen LogP contribution is -2.31. The Morgan fingerprint density at radius 2 is 2.33 bits per heavy atom. The standard InChI is InChI=1S/C18H19FN4O/c1-3-16(24)23-5-4-14(10-23)22-18-12(8-20)9-21-17-11(2)6-13(19)7-15(17)18/h6-7,9,14H,3-5,10H2,1-2H3,(H,21,22). The number of likely N-dealkylation sites (tertiary alicyclic amines) is 1. The highest BCUT2D eigenvalue weighted by molar-refractivity contribution is 5.95. The van der Waals surface area contributed by atoms with Crippen LogP contribution in [0, 0.1) is 24.1 Å². The zero-order chi connectivity index (χ0) is 17.3. The largest absolute Gasteiger partial charge is 0.379 e. The molecule has 1 atom stereocenters. The van der Waals surface area contributed by atoms with Gasteiger partial charge < -0.3 is 10.2 Å². The number of aromatic nitrogens is 1. The van der Waals surface area contributed by atoms with E-state index >= 15 is 0 Å². The second-order valence-electron chi connectivity index (χ2n) is 6.10. The lowest BCUT2D eigenvalue weighted by atomic mass is 10.1. The quantitative estimate of drug-likeness (QED) is 0.941. The van der Waals surface area contributed by atoms with Crippen molar-refractivity contribution in [1.82, 2.24) is 9.88 Å². The molecule has 1 saturated heterocycles. The third kappa shape index (κ3) is 2.90. The maximum atomic E-state index is 13.8. The van der Waals surface area contributed by atoms with E-state index in [0.29, 0.717) is 41.7 Å². The molecule has 1 aromatic carbocycles. The van der Waals surface area contributed by atoms with E-state index in [1.165, 1.54) is 18.3 Å². The summed E-state index contributed by atoms with van der Waals surface area (Å²) < 4.78 is 13.8. The van der Waals surface area contributed by atoms with E-state index in [9.17, 15) is 14.4 Å². The molecule has 1 fully saturated rings. The Labute approximate surface area is 140 Å². The summed E-state index contributed by atoms with van der Waals surface area (Å²) in [7, 11) is 0. The van der Waals surface area contributed by atoms with E-state index in [2.05, 4.69) is 16.4 Å². The molecule has 1 N–H and O–H groups in total. The summed E-state index contributed by atoms with van der Waals surface area (Å²) in [5.41, 5.74) is 2.39. The van der Waals surface area contributed by atoms with Crippen LogP contribution in [0.4, 0.5) is 10.1 Å². The monoisotopic (exact) mass is 326 g/mol. The van der Waals surface area contributed by atoms with Gasteiger partial charge in [-0.3, -0.25) is 9.78 Å². The van der Waals surface area contributed by atoms with Gasteiger partial charge in [0.15, 0.2) is 0 Å². The van der Waals surface area contributed by atoms with Crippen LogP contribution in [0.1, 0.15) is 30.9 Å². The fourth-order valence-electron chi connectivity index (χ4n) is 3.21. The number of nitrogens with one attached hydrogen (secondary N) is 1. The topological polar surface area (TPSA) is 69.0 Å². The Kier molecular flexibility index (Phi) is 4.34. The molecule has 1 aromatic heterocycles. The minimum Gasteiger partial charge on any atom is -0.379 e. The van der Waals surface area contributed by atoms with Crippen molar-refractivity contribution in [2.24, 2.45) is 0 Å². The van der Waals surface area contributed by atoms with Gasteiger partial charge in [0.25, 0.3) is 0 Å². The van der Waals surface area contributed by atoms with Gasteiger partial charge in [-0.25, -0.2) is 4.39 Å². The van der Waals surface area contributed by atoms with Gasteiger partial charge in [-0.1, -0.05) is 6.92 Å². The first-order valence-corrected chi connectivity index (χ1v) is 8.06. The minimum atomic E-state index is -0.353. The van der Waals surface area contributed by atoms with E-state index in [4.69, 9.17) is 0 Å². The van der Waals surface area contributed by atoms with Crippen molar-refractivity contribution in [3.63, 3.8) is 0 Å². The number of nitrogens with zero attached hydrogens (tertiary/aromatic N) is 3. The van der Waals surface area contributed by atoms with E-state index in [-0.39, 0.29) is 17.8 Å². The van der Waals surface area contributed by atoms with Crippen molar-refractivity contribution in [2.45, 2.75) is 32.7 Å². The number of nitriles is 1. The summed E-state index contributed by atoms with van der Waals surface area (Å²) in [6.07, 6.45) is 2.80. The minimum absolute atomic E-state index is 0.0433. The van der Waals surface area contributed by atoms with Crippen molar-refractivity contribution in [3.05, 3.63) is 35.3 Å². The molecule has 1 aliphatic rings. The number of anilines is 1. The second kappa shape index (κ2) is 6.44. The summed E-state index contributed by atoms with van der Waals surface area (Å²) in [5, 5.41) is 13.3. The highest BCUT2D eigenvalue weighted by atomic mass is 19.1. The van der Waals surface area contributed by atoms with Crippen LogP contribution in [0.3, 0.4) is 0 Å². The molecule has 0 aliphatic carbocycles. The van der Waals surface area contributed by atoms with Gasteiger partial charge in [0.05, 0.1) is 16.8 Å². The number of carbonyl (C=O) groups is 1. The van der Waals surface area contributed by atoms with E-state index in [1.54, 1.807) is 6.92 Å². The van der Waals surface area contributed by atoms with Crippen LogP contribution >= 0.6 is 0 Å². The number of pyridine rings is 1. The smallest absolute Gasteiger partial charge is 0.222 e. The normalized spacial score (nSPS) is 17.1. The maximum Gasteiger partial charge on any atom is 0.222 e. The summed E-state index contributed by atoms with van der Waals surface area (Å²) in [5.74, 6) is -0.226. The number of hydrogen-bond acceptors (Lipinski definition) is 4. The highest BCUT2D eigenvalue weighted by Gasteiger charge is 2.26. The van der Waals surface area contributed by atoms with Crippen molar-refractivity contribution in [3.8, 4) is 6.07 Å². The summed E-state index contributed by atoms with van der Waals surface area (Å²) in [6.45, 7) is 4.93. The zero-order valence-electron chi connectivity index (χ0n) is 13.8. The van der Waals surface area contributed by atoms with Gasteiger partial charge in [0, 0.05) is 37.1 Å². The van der Waals surface area contributed by atoms with Crippen LogP contribution in [-0.4, -0.2) is 34.9 Å². The van der Waals surface area contributed by atoms with Crippen LogP contribution in [0.5, 0.6) is 0 Å². The highest BCUT2D eigenvalue weighted by Crippen LogP contribution is 2.30. The number of hydrogen-bond donors (Lipinski definition) is 1. The fraction of sp³-hybridized carbons (Fsp3) is 0.389. The molecule has 1 unspecified atom stereocenters. The molecule has 5 nitrogen and oxygen atoms in total. The van der Waals surface area contributed by atoms with Gasteiger partial charge in [0.1, 0.15) is 11.9 Å². The van der Waals surface area contributed by atoms with Gasteiger partial charge in [-0.2, -0.15) is 5.26 Å². The number of halogens is 1. The predicted octanol–water partition coefficient (Wildman–Crippen LogP) is 2.98. The molecule has 0 bridgehead atoms. The summed E-state index contributed by atoms with van der Waals surface area (Å²) in [6, 6.07) is 5.00. The van der Waals surface area contributed by atoms with E-state index < -0.39 is 0 Å². The molecule has 3 rings (SSSR count). The molecule has 24 heavy (non-hydrogen) atoms. The Morgan fingerprint density at radius 3 is 3.04 bits per heavy atom. The van der Waals surface area contributed by atoms with Crippen LogP contribution in [-0.2, 0) is 4.79 Å². The number of aryl methyl sites for hydroxylation is 1. The third-order valence-corrected chi connectivity index (χ3v) is 4.44. The number of fused-ring (bicyclic) bond motifs is 1. The van der Waals surface area contributed by atoms with Gasteiger partial charge >= 0.3 is 0 Å². The number of rotatable bonds is 3. The first-order valence-electron chi connectivity index (χ1n) is 8.06. The lowest BCUT2D eigenvalue weighted by molar-refractivity contribution is -0.129. The average molecular weight is 326 g/mol. The number of carbonyl (C=O) groups excluding carboxylic acids is 1. The first-order chi connectivity index (χ1) is 11.5. The second-order valence-corrected chi connectivity index (χ2v) is 6.10.